The molecule has 0 amide bonds. The van der Waals surface area contributed by atoms with Crippen LogP contribution in [0.5, 0.6) is 0 Å². The minimum atomic E-state index is -0.979. The highest BCUT2D eigenvalue weighted by atomic mass is 16.4. The van der Waals surface area contributed by atoms with Crippen molar-refractivity contribution in [2.75, 3.05) is 0 Å². The van der Waals surface area contributed by atoms with Gasteiger partial charge in [-0.05, 0) is 30.9 Å². The van der Waals surface area contributed by atoms with E-state index in [-0.39, 0.29) is 5.69 Å². The molecule has 0 bridgehead atoms. The second-order valence-corrected chi connectivity index (χ2v) is 3.64. The maximum absolute atomic E-state index is 11.0. The van der Waals surface area contributed by atoms with E-state index in [4.69, 9.17) is 5.11 Å². The van der Waals surface area contributed by atoms with Crippen LogP contribution in [0.3, 0.4) is 0 Å². The molecule has 0 aliphatic heterocycles. The van der Waals surface area contributed by atoms with E-state index >= 15 is 0 Å². The zero-order valence-electron chi connectivity index (χ0n) is 8.61. The highest BCUT2D eigenvalue weighted by Gasteiger charge is 2.11. The third kappa shape index (κ3) is 1.56. The number of fused-ring (bicyclic) bond motifs is 1. The van der Waals surface area contributed by atoms with Crippen molar-refractivity contribution in [3.8, 4) is 0 Å². The summed E-state index contributed by atoms with van der Waals surface area (Å²) in [6, 6.07) is 5.77. The quantitative estimate of drug-likeness (QED) is 0.771. The van der Waals surface area contributed by atoms with E-state index in [1.807, 2.05) is 32.0 Å². The van der Waals surface area contributed by atoms with Crippen LogP contribution in [0.1, 0.15) is 21.6 Å². The number of pyridine rings is 1. The number of carbonyl (C=O) groups is 1. The largest absolute Gasteiger partial charge is 0.476 e. The molecule has 15 heavy (non-hydrogen) atoms. The summed E-state index contributed by atoms with van der Waals surface area (Å²) in [4.78, 5) is 14.9. The van der Waals surface area contributed by atoms with E-state index in [9.17, 15) is 4.79 Å². The van der Waals surface area contributed by atoms with E-state index in [2.05, 4.69) is 4.98 Å². The van der Waals surface area contributed by atoms with Gasteiger partial charge in [0.1, 0.15) is 0 Å². The lowest BCUT2D eigenvalue weighted by Gasteiger charge is -2.06. The van der Waals surface area contributed by atoms with Crippen LogP contribution >= 0.6 is 0 Å². The summed E-state index contributed by atoms with van der Waals surface area (Å²) in [6.07, 6.45) is 1.53. The lowest BCUT2D eigenvalue weighted by Crippen LogP contribution is -2.02. The smallest absolute Gasteiger partial charge is 0.355 e. The molecule has 0 radical (unpaired) electrons. The normalized spacial score (nSPS) is 10.5. The molecule has 1 aromatic carbocycles. The van der Waals surface area contributed by atoms with Crippen molar-refractivity contribution in [2.24, 2.45) is 0 Å². The van der Waals surface area contributed by atoms with Gasteiger partial charge in [0, 0.05) is 11.6 Å². The summed E-state index contributed by atoms with van der Waals surface area (Å²) in [5.74, 6) is -0.979. The van der Waals surface area contributed by atoms with Crippen LogP contribution in [0, 0.1) is 13.8 Å². The third-order valence-electron chi connectivity index (χ3n) is 2.41. The number of aromatic carboxylic acids is 1. The first kappa shape index (κ1) is 9.65. The van der Waals surface area contributed by atoms with Gasteiger partial charge in [0.2, 0.25) is 0 Å². The van der Waals surface area contributed by atoms with Gasteiger partial charge in [0.25, 0.3) is 0 Å². The van der Waals surface area contributed by atoms with Gasteiger partial charge in [-0.1, -0.05) is 17.7 Å². The number of hydrogen-bond acceptors (Lipinski definition) is 2. The molecule has 0 fully saturated rings. The van der Waals surface area contributed by atoms with Crippen molar-refractivity contribution in [3.63, 3.8) is 0 Å². The maximum Gasteiger partial charge on any atom is 0.355 e. The molecule has 0 unspecified atom stereocenters. The van der Waals surface area contributed by atoms with E-state index in [0.29, 0.717) is 0 Å². The number of carboxylic acids is 1. The first-order valence-electron chi connectivity index (χ1n) is 4.69. The molecule has 3 nitrogen and oxygen atoms in total. The van der Waals surface area contributed by atoms with E-state index < -0.39 is 5.97 Å². The number of hydrogen-bond donors (Lipinski definition) is 1. The van der Waals surface area contributed by atoms with Crippen LogP contribution in [0.15, 0.2) is 24.4 Å². The molecule has 0 saturated heterocycles. The van der Waals surface area contributed by atoms with Gasteiger partial charge in [-0.15, -0.1) is 0 Å². The molecule has 1 heterocycles. The number of aromatic nitrogens is 1. The van der Waals surface area contributed by atoms with Gasteiger partial charge in [-0.25, -0.2) is 9.78 Å². The first-order valence-corrected chi connectivity index (χ1v) is 4.69. The lowest BCUT2D eigenvalue weighted by molar-refractivity contribution is 0.0693. The Morgan fingerprint density at radius 2 is 2.07 bits per heavy atom. The second kappa shape index (κ2) is 3.35. The topological polar surface area (TPSA) is 50.2 Å². The van der Waals surface area contributed by atoms with Gasteiger partial charge in [0.05, 0.1) is 0 Å². The summed E-state index contributed by atoms with van der Waals surface area (Å²) in [5, 5.41) is 10.7. The second-order valence-electron chi connectivity index (χ2n) is 3.64. The monoisotopic (exact) mass is 201 g/mol. The van der Waals surface area contributed by atoms with E-state index in [1.54, 1.807) is 0 Å². The molecular weight excluding hydrogens is 190 g/mol. The van der Waals surface area contributed by atoms with Gasteiger partial charge < -0.3 is 5.11 Å². The molecule has 2 aromatic rings. The van der Waals surface area contributed by atoms with E-state index in [0.717, 1.165) is 21.9 Å². The lowest BCUT2D eigenvalue weighted by atomic mass is 10.0. The average molecular weight is 201 g/mol. The molecule has 0 saturated carbocycles. The number of aryl methyl sites for hydroxylation is 2. The zero-order valence-corrected chi connectivity index (χ0v) is 8.61. The Bertz CT molecular complexity index is 547. The van der Waals surface area contributed by atoms with E-state index in [1.165, 1.54) is 6.20 Å². The Morgan fingerprint density at radius 3 is 2.73 bits per heavy atom. The molecular formula is C12H11NO2. The Balaban J connectivity index is 2.91. The van der Waals surface area contributed by atoms with Crippen LogP contribution in [0.4, 0.5) is 0 Å². The molecule has 0 aliphatic rings. The van der Waals surface area contributed by atoms with Gasteiger partial charge in [-0.2, -0.15) is 0 Å². The van der Waals surface area contributed by atoms with Gasteiger partial charge in [-0.3, -0.25) is 0 Å². The summed E-state index contributed by atoms with van der Waals surface area (Å²) < 4.78 is 0. The van der Waals surface area contributed by atoms with Crippen LogP contribution in [-0.4, -0.2) is 16.1 Å². The predicted octanol–water partition coefficient (Wildman–Crippen LogP) is 2.55. The summed E-state index contributed by atoms with van der Waals surface area (Å²) >= 11 is 0. The standard InChI is InChI=1S/C12H11NO2/c1-7-5-8(2)10-9(6-7)3-4-13-11(10)12(14)15/h3-6H,1-2H3,(H,14,15). The fourth-order valence-electron chi connectivity index (χ4n) is 1.87. The first-order chi connectivity index (χ1) is 7.09. The molecule has 2 rings (SSSR count). The van der Waals surface area contributed by atoms with Crippen molar-refractivity contribution < 1.29 is 9.90 Å². The van der Waals surface area contributed by atoms with Crippen LogP contribution < -0.4 is 0 Å². The van der Waals surface area contributed by atoms with Gasteiger partial charge >= 0.3 is 5.97 Å². The van der Waals surface area contributed by atoms with Gasteiger partial charge in [0.15, 0.2) is 5.69 Å². The Labute approximate surface area is 87.4 Å². The molecule has 1 N–H and O–H groups in total. The molecule has 3 heteroatoms. The van der Waals surface area contributed by atoms with Crippen LogP contribution in [-0.2, 0) is 0 Å². The Morgan fingerprint density at radius 1 is 1.33 bits per heavy atom. The summed E-state index contributed by atoms with van der Waals surface area (Å²) in [6.45, 7) is 3.90. The van der Waals surface area contributed by atoms with Crippen molar-refractivity contribution >= 4 is 16.7 Å². The molecule has 0 spiro atoms. The number of rotatable bonds is 1. The van der Waals surface area contributed by atoms with Crippen LogP contribution in [0.25, 0.3) is 10.8 Å². The Hall–Kier alpha value is -1.90. The fraction of sp³-hybridized carbons (Fsp3) is 0.167. The maximum atomic E-state index is 11.0. The minimum absolute atomic E-state index is 0.130. The SMILES string of the molecule is Cc1cc(C)c2c(C(=O)O)nccc2c1. The Kier molecular flexibility index (Phi) is 2.15. The number of nitrogens with zero attached hydrogens (tertiary/aromatic N) is 1. The average Bonchev–Trinajstić information content (AvgIpc) is 2.16. The molecule has 76 valence electrons. The number of carboxylic acid groups (broad SMARTS) is 1. The molecule has 0 atom stereocenters. The van der Waals surface area contributed by atoms with Crippen LogP contribution in [0.2, 0.25) is 0 Å². The highest BCUT2D eigenvalue weighted by Crippen LogP contribution is 2.22. The van der Waals surface area contributed by atoms with Crippen molar-refractivity contribution in [1.29, 1.82) is 0 Å². The predicted molar refractivity (Wildman–Crippen MR) is 58.2 cm³/mol. The highest BCUT2D eigenvalue weighted by molar-refractivity contribution is 6.03. The van der Waals surface area contributed by atoms with Crippen molar-refractivity contribution in [1.82, 2.24) is 4.98 Å². The zero-order chi connectivity index (χ0) is 11.0. The minimum Gasteiger partial charge on any atom is -0.476 e. The number of benzene rings is 1. The fourth-order valence-corrected chi connectivity index (χ4v) is 1.87. The van der Waals surface area contributed by atoms with Crippen molar-refractivity contribution in [3.05, 3.63) is 41.2 Å². The third-order valence-corrected chi connectivity index (χ3v) is 2.41. The summed E-state index contributed by atoms with van der Waals surface area (Å²) in [5.41, 5.74) is 2.21. The molecule has 1 aromatic heterocycles. The molecule has 0 aliphatic carbocycles. The summed E-state index contributed by atoms with van der Waals surface area (Å²) in [7, 11) is 0. The van der Waals surface area contributed by atoms with Crippen molar-refractivity contribution in [2.45, 2.75) is 13.8 Å².